The first-order valence-electron chi connectivity index (χ1n) is 8.13. The van der Waals surface area contributed by atoms with E-state index < -0.39 is 0 Å². The molecule has 2 fully saturated rings. The molecule has 120 valence electrons. The van der Waals surface area contributed by atoms with Gasteiger partial charge in [0.1, 0.15) is 6.10 Å². The SMILES string of the molecule is Cc1ccc(OC2CCN(C(=O)[C@@H]3CCO[C@@H]3C)CC2)nc1. The molecule has 0 saturated carbocycles. The van der Waals surface area contributed by atoms with Crippen molar-refractivity contribution >= 4 is 5.91 Å². The van der Waals surface area contributed by atoms with E-state index in [9.17, 15) is 4.79 Å². The summed E-state index contributed by atoms with van der Waals surface area (Å²) >= 11 is 0. The van der Waals surface area contributed by atoms with Crippen molar-refractivity contribution in [3.63, 3.8) is 0 Å². The summed E-state index contributed by atoms with van der Waals surface area (Å²) in [5.41, 5.74) is 1.13. The molecule has 2 aliphatic rings. The number of amides is 1. The number of likely N-dealkylation sites (tertiary alicyclic amines) is 1. The lowest BCUT2D eigenvalue weighted by atomic mass is 9.99. The van der Waals surface area contributed by atoms with Crippen LogP contribution in [0.2, 0.25) is 0 Å². The maximum absolute atomic E-state index is 12.5. The van der Waals surface area contributed by atoms with Crippen molar-refractivity contribution < 1.29 is 14.3 Å². The number of carbonyl (C=O) groups excluding carboxylic acids is 1. The van der Waals surface area contributed by atoms with Gasteiger partial charge in [0, 0.05) is 44.8 Å². The summed E-state index contributed by atoms with van der Waals surface area (Å²) in [6.07, 6.45) is 4.60. The fourth-order valence-corrected chi connectivity index (χ4v) is 3.18. The molecule has 0 aliphatic carbocycles. The Kier molecular flexibility index (Phi) is 4.62. The van der Waals surface area contributed by atoms with Crippen LogP contribution in [-0.2, 0) is 9.53 Å². The molecular weight excluding hydrogens is 280 g/mol. The van der Waals surface area contributed by atoms with Crippen molar-refractivity contribution in [3.8, 4) is 5.88 Å². The number of pyridine rings is 1. The Bertz CT molecular complexity index is 509. The van der Waals surface area contributed by atoms with E-state index in [1.807, 2.05) is 37.1 Å². The second-order valence-corrected chi connectivity index (χ2v) is 6.29. The molecule has 5 heteroatoms. The zero-order chi connectivity index (χ0) is 15.5. The highest BCUT2D eigenvalue weighted by molar-refractivity contribution is 5.79. The molecule has 1 amide bonds. The Balaban J connectivity index is 1.49. The number of aromatic nitrogens is 1. The molecule has 0 bridgehead atoms. The molecule has 0 radical (unpaired) electrons. The number of hydrogen-bond acceptors (Lipinski definition) is 4. The minimum Gasteiger partial charge on any atom is -0.474 e. The van der Waals surface area contributed by atoms with E-state index in [-0.39, 0.29) is 24.0 Å². The zero-order valence-electron chi connectivity index (χ0n) is 13.3. The molecule has 2 saturated heterocycles. The van der Waals surface area contributed by atoms with E-state index in [0.29, 0.717) is 12.5 Å². The quantitative estimate of drug-likeness (QED) is 0.859. The Morgan fingerprint density at radius 1 is 1.32 bits per heavy atom. The first-order valence-corrected chi connectivity index (χ1v) is 8.13. The number of ether oxygens (including phenoxy) is 2. The molecule has 0 unspecified atom stereocenters. The largest absolute Gasteiger partial charge is 0.474 e. The molecule has 3 heterocycles. The number of nitrogens with zero attached hydrogens (tertiary/aromatic N) is 2. The first-order chi connectivity index (χ1) is 10.6. The van der Waals surface area contributed by atoms with Crippen LogP contribution in [0.3, 0.4) is 0 Å². The van der Waals surface area contributed by atoms with Crippen LogP contribution in [0.4, 0.5) is 0 Å². The summed E-state index contributed by atoms with van der Waals surface area (Å²) in [4.78, 5) is 18.8. The van der Waals surface area contributed by atoms with Gasteiger partial charge in [-0.1, -0.05) is 6.07 Å². The van der Waals surface area contributed by atoms with Crippen molar-refractivity contribution in [1.82, 2.24) is 9.88 Å². The monoisotopic (exact) mass is 304 g/mol. The van der Waals surface area contributed by atoms with Crippen LogP contribution in [-0.4, -0.2) is 47.7 Å². The highest BCUT2D eigenvalue weighted by Crippen LogP contribution is 2.25. The molecule has 5 nitrogen and oxygen atoms in total. The molecule has 2 atom stereocenters. The van der Waals surface area contributed by atoms with Crippen molar-refractivity contribution in [2.45, 2.75) is 45.3 Å². The summed E-state index contributed by atoms with van der Waals surface area (Å²) in [5, 5.41) is 0. The number of piperidine rings is 1. The van der Waals surface area contributed by atoms with Crippen LogP contribution in [0.1, 0.15) is 31.7 Å². The van der Waals surface area contributed by atoms with Gasteiger partial charge in [0.15, 0.2) is 0 Å². The lowest BCUT2D eigenvalue weighted by Crippen LogP contribution is -2.45. The maximum atomic E-state index is 12.5. The summed E-state index contributed by atoms with van der Waals surface area (Å²) in [6, 6.07) is 3.91. The van der Waals surface area contributed by atoms with Crippen LogP contribution in [0.15, 0.2) is 18.3 Å². The number of hydrogen-bond donors (Lipinski definition) is 0. The van der Waals surface area contributed by atoms with E-state index in [1.165, 1.54) is 0 Å². The number of aryl methyl sites for hydroxylation is 1. The number of rotatable bonds is 3. The molecule has 0 spiro atoms. The van der Waals surface area contributed by atoms with Crippen LogP contribution >= 0.6 is 0 Å². The van der Waals surface area contributed by atoms with Gasteiger partial charge in [-0.25, -0.2) is 4.98 Å². The molecule has 2 aliphatic heterocycles. The summed E-state index contributed by atoms with van der Waals surface area (Å²) < 4.78 is 11.4. The third-order valence-corrected chi connectivity index (χ3v) is 4.62. The molecule has 22 heavy (non-hydrogen) atoms. The van der Waals surface area contributed by atoms with E-state index in [0.717, 1.165) is 37.9 Å². The molecule has 3 rings (SSSR count). The summed E-state index contributed by atoms with van der Waals surface area (Å²) in [6.45, 7) is 6.23. The first kappa shape index (κ1) is 15.3. The summed E-state index contributed by atoms with van der Waals surface area (Å²) in [7, 11) is 0. The fraction of sp³-hybridized carbons (Fsp3) is 0.647. The zero-order valence-corrected chi connectivity index (χ0v) is 13.3. The predicted molar refractivity (Wildman–Crippen MR) is 82.7 cm³/mol. The number of carbonyl (C=O) groups is 1. The second-order valence-electron chi connectivity index (χ2n) is 6.29. The van der Waals surface area contributed by atoms with Crippen LogP contribution in [0.25, 0.3) is 0 Å². The van der Waals surface area contributed by atoms with E-state index in [4.69, 9.17) is 9.47 Å². The molecular formula is C17H24N2O3. The molecule has 0 N–H and O–H groups in total. The van der Waals surface area contributed by atoms with Crippen molar-refractivity contribution in [2.75, 3.05) is 19.7 Å². The molecule has 1 aromatic rings. The highest BCUT2D eigenvalue weighted by Gasteiger charge is 2.35. The molecule has 1 aromatic heterocycles. The standard InChI is InChI=1S/C17H24N2O3/c1-12-3-4-16(18-11-12)22-14-5-8-19(9-6-14)17(20)15-7-10-21-13(15)2/h3-4,11,13-15H,5-10H2,1-2H3/t13-,15-/m1/s1. The van der Waals surface area contributed by atoms with E-state index in [2.05, 4.69) is 4.98 Å². The average molecular weight is 304 g/mol. The summed E-state index contributed by atoms with van der Waals surface area (Å²) in [5.74, 6) is 0.960. The van der Waals surface area contributed by atoms with Gasteiger partial charge in [0.25, 0.3) is 0 Å². The lowest BCUT2D eigenvalue weighted by Gasteiger charge is -2.33. The topological polar surface area (TPSA) is 51.7 Å². The average Bonchev–Trinajstić information content (AvgIpc) is 2.96. The lowest BCUT2D eigenvalue weighted by molar-refractivity contribution is -0.138. The smallest absolute Gasteiger partial charge is 0.228 e. The van der Waals surface area contributed by atoms with Gasteiger partial charge in [-0.05, 0) is 25.8 Å². The fourth-order valence-electron chi connectivity index (χ4n) is 3.18. The molecule has 0 aromatic carbocycles. The Hall–Kier alpha value is -1.62. The Morgan fingerprint density at radius 3 is 2.68 bits per heavy atom. The van der Waals surface area contributed by atoms with Gasteiger partial charge < -0.3 is 14.4 Å². The van der Waals surface area contributed by atoms with Gasteiger partial charge >= 0.3 is 0 Å². The van der Waals surface area contributed by atoms with Crippen LogP contribution < -0.4 is 4.74 Å². The van der Waals surface area contributed by atoms with Gasteiger partial charge in [-0.2, -0.15) is 0 Å². The van der Waals surface area contributed by atoms with E-state index in [1.54, 1.807) is 0 Å². The van der Waals surface area contributed by atoms with Gasteiger partial charge in [0.2, 0.25) is 11.8 Å². The third kappa shape index (κ3) is 3.40. The second kappa shape index (κ2) is 6.65. The normalized spacial score (nSPS) is 26.2. The maximum Gasteiger partial charge on any atom is 0.228 e. The van der Waals surface area contributed by atoms with Crippen LogP contribution in [0.5, 0.6) is 5.88 Å². The minimum atomic E-state index is 0.0382. The van der Waals surface area contributed by atoms with Gasteiger partial charge in [-0.3, -0.25) is 4.79 Å². The van der Waals surface area contributed by atoms with Crippen LogP contribution in [0, 0.1) is 12.8 Å². The Labute approximate surface area is 131 Å². The highest BCUT2D eigenvalue weighted by atomic mass is 16.5. The predicted octanol–water partition coefficient (Wildman–Crippen LogP) is 2.18. The minimum absolute atomic E-state index is 0.0382. The van der Waals surface area contributed by atoms with Gasteiger partial charge in [0.05, 0.1) is 12.0 Å². The van der Waals surface area contributed by atoms with Crippen molar-refractivity contribution in [2.24, 2.45) is 5.92 Å². The van der Waals surface area contributed by atoms with Crippen molar-refractivity contribution in [3.05, 3.63) is 23.9 Å². The third-order valence-electron chi connectivity index (χ3n) is 4.62. The van der Waals surface area contributed by atoms with Crippen molar-refractivity contribution in [1.29, 1.82) is 0 Å². The van der Waals surface area contributed by atoms with E-state index >= 15 is 0 Å². The Morgan fingerprint density at radius 2 is 2.09 bits per heavy atom. The van der Waals surface area contributed by atoms with Gasteiger partial charge in [-0.15, -0.1) is 0 Å².